The Kier molecular flexibility index (Phi) is 8.06. The summed E-state index contributed by atoms with van der Waals surface area (Å²) in [5.41, 5.74) is 6.87. The third-order valence-electron chi connectivity index (χ3n) is 7.80. The van der Waals surface area contributed by atoms with Crippen molar-refractivity contribution in [3.05, 3.63) is 118 Å². The van der Waals surface area contributed by atoms with E-state index >= 15 is 0 Å². The molecule has 6 heteroatoms. The molecule has 0 saturated heterocycles. The van der Waals surface area contributed by atoms with Gasteiger partial charge in [0, 0.05) is 35.7 Å². The van der Waals surface area contributed by atoms with E-state index in [0.717, 1.165) is 33.6 Å². The predicted molar refractivity (Wildman–Crippen MR) is 154 cm³/mol. The minimum atomic E-state index is -0.486. The second kappa shape index (κ2) is 11.8. The molecule has 206 valence electrons. The SMILES string of the molecule is COc1ccc([C@H]2CC(=O)C3=C(C2)NC(C)=C(C(=O)OCCc2ccccc2)[C@@H]3c2ccc(C)cc2)cc1OC. The Morgan fingerprint density at radius 2 is 1.57 bits per heavy atom. The number of carbonyl (C=O) groups is 2. The highest BCUT2D eigenvalue weighted by Crippen LogP contribution is 2.46. The van der Waals surface area contributed by atoms with Gasteiger partial charge in [-0.1, -0.05) is 66.2 Å². The quantitative estimate of drug-likeness (QED) is 0.347. The molecular weight excluding hydrogens is 502 g/mol. The van der Waals surface area contributed by atoms with Crippen molar-refractivity contribution in [2.75, 3.05) is 20.8 Å². The van der Waals surface area contributed by atoms with Crippen LogP contribution in [0.1, 0.15) is 53.9 Å². The molecule has 3 aromatic rings. The van der Waals surface area contributed by atoms with Crippen molar-refractivity contribution >= 4 is 11.8 Å². The molecule has 1 N–H and O–H groups in total. The van der Waals surface area contributed by atoms with Crippen LogP contribution >= 0.6 is 0 Å². The van der Waals surface area contributed by atoms with Gasteiger partial charge < -0.3 is 19.5 Å². The number of nitrogens with one attached hydrogen (secondary N) is 1. The third-order valence-corrected chi connectivity index (χ3v) is 7.80. The van der Waals surface area contributed by atoms with E-state index in [4.69, 9.17) is 14.2 Å². The topological polar surface area (TPSA) is 73.9 Å². The number of carbonyl (C=O) groups excluding carboxylic acids is 2. The summed E-state index contributed by atoms with van der Waals surface area (Å²) in [5, 5.41) is 3.43. The number of hydrogen-bond acceptors (Lipinski definition) is 6. The molecule has 0 radical (unpaired) electrons. The van der Waals surface area contributed by atoms with Gasteiger partial charge >= 0.3 is 5.97 Å². The largest absolute Gasteiger partial charge is 0.493 e. The first-order valence-corrected chi connectivity index (χ1v) is 13.6. The molecule has 0 spiro atoms. The van der Waals surface area contributed by atoms with Gasteiger partial charge in [-0.3, -0.25) is 4.79 Å². The van der Waals surface area contributed by atoms with E-state index in [1.807, 2.05) is 86.6 Å². The van der Waals surface area contributed by atoms with Crippen molar-refractivity contribution < 1.29 is 23.8 Å². The summed E-state index contributed by atoms with van der Waals surface area (Å²) < 4.78 is 16.7. The second-order valence-corrected chi connectivity index (χ2v) is 10.4. The number of esters is 1. The molecule has 0 aromatic heterocycles. The van der Waals surface area contributed by atoms with Crippen LogP contribution in [0.25, 0.3) is 0 Å². The number of methoxy groups -OCH3 is 2. The van der Waals surface area contributed by atoms with E-state index in [2.05, 4.69) is 5.32 Å². The van der Waals surface area contributed by atoms with Crippen LogP contribution < -0.4 is 14.8 Å². The molecule has 2 aliphatic rings. The number of ketones is 1. The van der Waals surface area contributed by atoms with Gasteiger partial charge in [0.2, 0.25) is 0 Å². The molecular formula is C34H35NO5. The van der Waals surface area contributed by atoms with Gasteiger partial charge in [-0.05, 0) is 55.0 Å². The number of dihydropyridines is 1. The first kappa shape index (κ1) is 27.3. The zero-order valence-corrected chi connectivity index (χ0v) is 23.5. The van der Waals surface area contributed by atoms with Crippen molar-refractivity contribution in [2.45, 2.75) is 44.9 Å². The number of Topliss-reactive ketones (excluding diaryl/α,β-unsaturated/α-hetero) is 1. The van der Waals surface area contributed by atoms with Crippen molar-refractivity contribution in [3.63, 3.8) is 0 Å². The Labute approximate surface area is 235 Å². The van der Waals surface area contributed by atoms with Gasteiger partial charge in [0.1, 0.15) is 0 Å². The van der Waals surface area contributed by atoms with Crippen LogP contribution in [0.3, 0.4) is 0 Å². The fraction of sp³-hybridized carbons (Fsp3) is 0.294. The highest BCUT2D eigenvalue weighted by molar-refractivity contribution is 6.04. The highest BCUT2D eigenvalue weighted by atomic mass is 16.5. The molecule has 0 bridgehead atoms. The van der Waals surface area contributed by atoms with Crippen LogP contribution in [-0.4, -0.2) is 32.6 Å². The summed E-state index contributed by atoms with van der Waals surface area (Å²) in [7, 11) is 3.22. The fourth-order valence-corrected chi connectivity index (χ4v) is 5.73. The number of rotatable bonds is 8. The van der Waals surface area contributed by atoms with Crippen molar-refractivity contribution in [1.29, 1.82) is 0 Å². The molecule has 0 fully saturated rings. The minimum absolute atomic E-state index is 0.0237. The van der Waals surface area contributed by atoms with E-state index in [0.29, 0.717) is 41.9 Å². The maximum atomic E-state index is 13.9. The van der Waals surface area contributed by atoms with E-state index in [-0.39, 0.29) is 18.3 Å². The Morgan fingerprint density at radius 1 is 0.875 bits per heavy atom. The Morgan fingerprint density at radius 3 is 2.27 bits per heavy atom. The average Bonchev–Trinajstić information content (AvgIpc) is 2.96. The Balaban J connectivity index is 1.46. The Hall–Kier alpha value is -4.32. The Bertz CT molecular complexity index is 1470. The van der Waals surface area contributed by atoms with E-state index < -0.39 is 11.9 Å². The number of benzene rings is 3. The lowest BCUT2D eigenvalue weighted by Crippen LogP contribution is -2.36. The van der Waals surface area contributed by atoms with Crippen molar-refractivity contribution in [2.24, 2.45) is 0 Å². The van der Waals surface area contributed by atoms with Gasteiger partial charge in [0.05, 0.1) is 26.4 Å². The molecule has 0 amide bonds. The van der Waals surface area contributed by atoms with Gasteiger partial charge in [-0.2, -0.15) is 0 Å². The molecule has 5 rings (SSSR count). The lowest BCUT2D eigenvalue weighted by Gasteiger charge is -2.36. The summed E-state index contributed by atoms with van der Waals surface area (Å²) in [4.78, 5) is 27.5. The van der Waals surface area contributed by atoms with Gasteiger partial charge in [-0.25, -0.2) is 4.79 Å². The molecule has 1 aliphatic heterocycles. The summed E-state index contributed by atoms with van der Waals surface area (Å²) in [6, 6.07) is 23.8. The van der Waals surface area contributed by atoms with Crippen LogP contribution in [-0.2, 0) is 20.7 Å². The first-order valence-electron chi connectivity index (χ1n) is 13.6. The maximum absolute atomic E-state index is 13.9. The number of aryl methyl sites for hydroxylation is 1. The summed E-state index contributed by atoms with van der Waals surface area (Å²) in [6.45, 7) is 4.18. The van der Waals surface area contributed by atoms with Crippen molar-refractivity contribution in [1.82, 2.24) is 5.32 Å². The van der Waals surface area contributed by atoms with Gasteiger partial charge in [-0.15, -0.1) is 0 Å². The molecule has 0 unspecified atom stereocenters. The molecule has 0 saturated carbocycles. The fourth-order valence-electron chi connectivity index (χ4n) is 5.73. The third kappa shape index (κ3) is 5.53. The molecule has 1 heterocycles. The van der Waals surface area contributed by atoms with Crippen LogP contribution in [0.2, 0.25) is 0 Å². The van der Waals surface area contributed by atoms with Gasteiger partial charge in [0.15, 0.2) is 17.3 Å². The zero-order valence-electron chi connectivity index (χ0n) is 23.5. The second-order valence-electron chi connectivity index (χ2n) is 10.4. The number of hydrogen-bond donors (Lipinski definition) is 1. The predicted octanol–water partition coefficient (Wildman–Crippen LogP) is 6.16. The molecule has 6 nitrogen and oxygen atoms in total. The molecule has 2 atom stereocenters. The smallest absolute Gasteiger partial charge is 0.336 e. The van der Waals surface area contributed by atoms with E-state index in [9.17, 15) is 9.59 Å². The average molecular weight is 538 g/mol. The standard InChI is InChI=1S/C34H35NO5/c1-21-10-12-24(13-11-21)32-31(34(37)40-17-16-23-8-6-5-7-9-23)22(2)35-27-18-26(19-28(36)33(27)32)25-14-15-29(38-3)30(20-25)39-4/h5-15,20,26,32,35H,16-19H2,1-4H3/t26-,32+/m1/s1. The maximum Gasteiger partial charge on any atom is 0.336 e. The normalized spacial score (nSPS) is 18.6. The monoisotopic (exact) mass is 537 g/mol. The summed E-state index contributed by atoms with van der Waals surface area (Å²) >= 11 is 0. The van der Waals surface area contributed by atoms with Crippen LogP contribution in [0, 0.1) is 6.92 Å². The summed E-state index contributed by atoms with van der Waals surface area (Å²) in [5.74, 6) is 0.411. The number of allylic oxidation sites excluding steroid dienone is 3. The van der Waals surface area contributed by atoms with E-state index in [1.165, 1.54) is 0 Å². The summed E-state index contributed by atoms with van der Waals surface area (Å²) in [6.07, 6.45) is 1.61. The van der Waals surface area contributed by atoms with Crippen molar-refractivity contribution in [3.8, 4) is 11.5 Å². The number of ether oxygens (including phenoxy) is 3. The molecule has 40 heavy (non-hydrogen) atoms. The molecule has 3 aromatic carbocycles. The van der Waals surface area contributed by atoms with Gasteiger partial charge in [0.25, 0.3) is 0 Å². The minimum Gasteiger partial charge on any atom is -0.493 e. The first-order chi connectivity index (χ1) is 19.4. The lowest BCUT2D eigenvalue weighted by atomic mass is 9.71. The van der Waals surface area contributed by atoms with Crippen LogP contribution in [0.4, 0.5) is 0 Å². The zero-order chi connectivity index (χ0) is 28.2. The molecule has 1 aliphatic carbocycles. The van der Waals surface area contributed by atoms with Crippen LogP contribution in [0.15, 0.2) is 95.3 Å². The van der Waals surface area contributed by atoms with Crippen LogP contribution in [0.5, 0.6) is 11.5 Å². The highest BCUT2D eigenvalue weighted by Gasteiger charge is 2.41. The van der Waals surface area contributed by atoms with E-state index in [1.54, 1.807) is 14.2 Å². The lowest BCUT2D eigenvalue weighted by molar-refractivity contribution is -0.139.